The number of sulfonamides is 1. The number of aryl methyl sites for hydroxylation is 1. The highest BCUT2D eigenvalue weighted by atomic mass is 32.2. The highest BCUT2D eigenvalue weighted by Gasteiger charge is 2.20. The van der Waals surface area contributed by atoms with Gasteiger partial charge in [0.2, 0.25) is 10.0 Å². The molecule has 0 radical (unpaired) electrons. The molecule has 1 aliphatic heterocycles. The highest BCUT2D eigenvalue weighted by molar-refractivity contribution is 7.88. The summed E-state index contributed by atoms with van der Waals surface area (Å²) in [6.07, 6.45) is 4.14. The van der Waals surface area contributed by atoms with Crippen LogP contribution in [-0.2, 0) is 16.6 Å². The molecule has 0 aliphatic carbocycles. The highest BCUT2D eigenvalue weighted by Crippen LogP contribution is 2.27. The van der Waals surface area contributed by atoms with Crippen molar-refractivity contribution in [2.45, 2.75) is 38.6 Å². The predicted molar refractivity (Wildman–Crippen MR) is 122 cm³/mol. The minimum atomic E-state index is -3.26. The minimum absolute atomic E-state index is 0.356. The third-order valence-corrected chi connectivity index (χ3v) is 7.12. The Balaban J connectivity index is 1.84. The Hall–Kier alpha value is -1.89. The fourth-order valence-electron chi connectivity index (χ4n) is 4.14. The summed E-state index contributed by atoms with van der Waals surface area (Å²) >= 11 is 0. The summed E-state index contributed by atoms with van der Waals surface area (Å²) in [5.74, 6) is 1.27. The third kappa shape index (κ3) is 6.56. The average Bonchev–Trinajstić information content (AvgIpc) is 2.70. The molecule has 30 heavy (non-hydrogen) atoms. The molecule has 6 heteroatoms. The molecule has 0 amide bonds. The lowest BCUT2D eigenvalue weighted by atomic mass is 9.91. The average molecular weight is 431 g/mol. The molecule has 164 valence electrons. The fourth-order valence-corrected chi connectivity index (χ4v) is 5.00. The molecule has 2 aromatic rings. The van der Waals surface area contributed by atoms with Gasteiger partial charge < -0.3 is 9.64 Å². The van der Waals surface area contributed by atoms with Crippen molar-refractivity contribution in [2.24, 2.45) is 0 Å². The van der Waals surface area contributed by atoms with Crippen LogP contribution in [0.15, 0.2) is 48.5 Å². The Morgan fingerprint density at radius 3 is 2.50 bits per heavy atom. The van der Waals surface area contributed by atoms with Crippen LogP contribution in [0.3, 0.4) is 0 Å². The molecule has 0 fully saturated rings. The van der Waals surface area contributed by atoms with Crippen molar-refractivity contribution < 1.29 is 13.2 Å². The number of ether oxygens (including phenoxy) is 1. The standard InChI is InChI=1S/C24H34N2O3S/c1-20-11-12-24-23(18-20)19-25(2)15-13-22(21-8-5-4-6-9-21)10-7-14-26(16-17-29-24)30(3,27)28/h4-6,8-9,11-12,18,22H,7,10,13-17,19H2,1-3H3. The zero-order chi connectivity index (χ0) is 21.6. The molecule has 1 unspecified atom stereocenters. The quantitative estimate of drug-likeness (QED) is 0.722. The number of nitrogens with zero attached hydrogens (tertiary/aromatic N) is 2. The van der Waals surface area contributed by atoms with Crippen LogP contribution in [0, 0.1) is 6.92 Å². The predicted octanol–water partition coefficient (Wildman–Crippen LogP) is 4.03. The van der Waals surface area contributed by atoms with E-state index < -0.39 is 10.0 Å². The van der Waals surface area contributed by atoms with Gasteiger partial charge in [-0.25, -0.2) is 8.42 Å². The summed E-state index contributed by atoms with van der Waals surface area (Å²) in [5.41, 5.74) is 3.69. The molecule has 2 aromatic carbocycles. The second-order valence-corrected chi connectivity index (χ2v) is 10.4. The van der Waals surface area contributed by atoms with Crippen molar-refractivity contribution in [1.82, 2.24) is 9.21 Å². The maximum Gasteiger partial charge on any atom is 0.211 e. The van der Waals surface area contributed by atoms with Crippen LogP contribution in [0.2, 0.25) is 0 Å². The molecule has 0 saturated heterocycles. The van der Waals surface area contributed by atoms with Crippen molar-refractivity contribution in [3.63, 3.8) is 0 Å². The van der Waals surface area contributed by atoms with Crippen molar-refractivity contribution in [3.05, 3.63) is 65.2 Å². The van der Waals surface area contributed by atoms with Crippen LogP contribution in [0.5, 0.6) is 5.75 Å². The molecule has 0 saturated carbocycles. The SMILES string of the molecule is Cc1ccc2c(c1)CN(C)CCC(c1ccccc1)CCCN(S(C)(=O)=O)CCO2. The topological polar surface area (TPSA) is 49.9 Å². The van der Waals surface area contributed by atoms with E-state index in [1.807, 2.05) is 18.2 Å². The maximum absolute atomic E-state index is 12.3. The molecule has 3 rings (SSSR count). The first-order chi connectivity index (χ1) is 14.3. The zero-order valence-corrected chi connectivity index (χ0v) is 19.2. The lowest BCUT2D eigenvalue weighted by molar-refractivity contribution is 0.253. The van der Waals surface area contributed by atoms with E-state index in [1.165, 1.54) is 17.4 Å². The largest absolute Gasteiger partial charge is 0.492 e. The number of hydrogen-bond acceptors (Lipinski definition) is 4. The minimum Gasteiger partial charge on any atom is -0.492 e. The Labute approximate surface area is 181 Å². The number of benzene rings is 2. The van der Waals surface area contributed by atoms with E-state index in [9.17, 15) is 8.42 Å². The van der Waals surface area contributed by atoms with Gasteiger partial charge in [-0.3, -0.25) is 0 Å². The smallest absolute Gasteiger partial charge is 0.211 e. The van der Waals surface area contributed by atoms with E-state index in [-0.39, 0.29) is 0 Å². The van der Waals surface area contributed by atoms with Gasteiger partial charge in [-0.15, -0.1) is 0 Å². The van der Waals surface area contributed by atoms with Crippen molar-refractivity contribution in [1.29, 1.82) is 0 Å². The Morgan fingerprint density at radius 1 is 1.00 bits per heavy atom. The molecule has 0 bridgehead atoms. The molecule has 5 nitrogen and oxygen atoms in total. The van der Waals surface area contributed by atoms with E-state index in [2.05, 4.69) is 49.2 Å². The van der Waals surface area contributed by atoms with E-state index >= 15 is 0 Å². The van der Waals surface area contributed by atoms with E-state index in [0.29, 0.717) is 25.6 Å². The van der Waals surface area contributed by atoms with Crippen molar-refractivity contribution in [2.75, 3.05) is 39.5 Å². The normalized spacial score (nSPS) is 20.7. The van der Waals surface area contributed by atoms with Gasteiger partial charge in [0.05, 0.1) is 6.26 Å². The first kappa shape index (κ1) is 22.8. The lowest BCUT2D eigenvalue weighted by Gasteiger charge is -2.26. The number of rotatable bonds is 2. The van der Waals surface area contributed by atoms with Crippen molar-refractivity contribution in [3.8, 4) is 5.75 Å². The van der Waals surface area contributed by atoms with Gasteiger partial charge in [-0.1, -0.05) is 48.0 Å². The molecule has 0 spiro atoms. The van der Waals surface area contributed by atoms with Gasteiger partial charge in [0, 0.05) is 25.2 Å². The van der Waals surface area contributed by atoms with E-state index in [1.54, 1.807) is 4.31 Å². The molecule has 1 atom stereocenters. The lowest BCUT2D eigenvalue weighted by Crippen LogP contribution is -2.35. The van der Waals surface area contributed by atoms with Crippen LogP contribution < -0.4 is 4.74 Å². The first-order valence-electron chi connectivity index (χ1n) is 10.7. The summed E-state index contributed by atoms with van der Waals surface area (Å²) < 4.78 is 32.1. The van der Waals surface area contributed by atoms with E-state index in [4.69, 9.17) is 4.74 Å². The maximum atomic E-state index is 12.3. The van der Waals surface area contributed by atoms with Gasteiger partial charge >= 0.3 is 0 Å². The first-order valence-corrected chi connectivity index (χ1v) is 12.6. The summed E-state index contributed by atoms with van der Waals surface area (Å²) in [6.45, 7) is 5.13. The Kier molecular flexibility index (Phi) is 7.92. The molecular formula is C24H34N2O3S. The number of fused-ring (bicyclic) bond motifs is 1. The van der Waals surface area contributed by atoms with Gasteiger partial charge in [0.15, 0.2) is 0 Å². The Bertz CT molecular complexity index is 915. The number of hydrogen-bond donors (Lipinski definition) is 0. The van der Waals surface area contributed by atoms with Crippen LogP contribution in [-0.4, -0.2) is 57.2 Å². The Morgan fingerprint density at radius 2 is 1.77 bits per heavy atom. The monoisotopic (exact) mass is 430 g/mol. The molecule has 0 aromatic heterocycles. The second kappa shape index (κ2) is 10.4. The van der Waals surface area contributed by atoms with Gasteiger partial charge in [-0.2, -0.15) is 4.31 Å². The van der Waals surface area contributed by atoms with Gasteiger partial charge in [0.1, 0.15) is 12.4 Å². The van der Waals surface area contributed by atoms with E-state index in [0.717, 1.165) is 43.7 Å². The summed E-state index contributed by atoms with van der Waals surface area (Å²) in [6, 6.07) is 16.8. The molecule has 1 heterocycles. The second-order valence-electron chi connectivity index (χ2n) is 8.40. The van der Waals surface area contributed by atoms with Crippen LogP contribution in [0.1, 0.15) is 41.9 Å². The van der Waals surface area contributed by atoms with Gasteiger partial charge in [0.25, 0.3) is 0 Å². The van der Waals surface area contributed by atoms with Crippen LogP contribution in [0.25, 0.3) is 0 Å². The summed E-state index contributed by atoms with van der Waals surface area (Å²) in [5, 5.41) is 0. The van der Waals surface area contributed by atoms with Gasteiger partial charge in [-0.05, 0) is 57.3 Å². The third-order valence-electron chi connectivity index (χ3n) is 5.81. The summed E-state index contributed by atoms with van der Waals surface area (Å²) in [4.78, 5) is 2.35. The molecule has 0 N–H and O–H groups in total. The molecular weight excluding hydrogens is 396 g/mol. The summed E-state index contributed by atoms with van der Waals surface area (Å²) in [7, 11) is -1.10. The molecule has 1 aliphatic rings. The van der Waals surface area contributed by atoms with Crippen molar-refractivity contribution >= 4 is 10.0 Å². The fraction of sp³-hybridized carbons (Fsp3) is 0.500. The zero-order valence-electron chi connectivity index (χ0n) is 18.4. The van der Waals surface area contributed by atoms with Crippen LogP contribution >= 0.6 is 0 Å². The van der Waals surface area contributed by atoms with Crippen LogP contribution in [0.4, 0.5) is 0 Å².